The molecule has 8 rings (SSSR count). The van der Waals surface area contributed by atoms with E-state index in [4.69, 9.17) is 15.0 Å². The fourth-order valence-corrected chi connectivity index (χ4v) is 6.32. The van der Waals surface area contributed by atoms with Gasteiger partial charge in [0.2, 0.25) is 0 Å². The summed E-state index contributed by atoms with van der Waals surface area (Å²) in [7, 11) is 0. The summed E-state index contributed by atoms with van der Waals surface area (Å²) in [5.41, 5.74) is 6.53. The van der Waals surface area contributed by atoms with E-state index in [0.29, 0.717) is 17.2 Å². The summed E-state index contributed by atoms with van der Waals surface area (Å²) in [4.78, 5) is 14.8. The maximum Gasteiger partial charge on any atom is 0.163 e. The molecule has 0 saturated carbocycles. The largest absolute Gasteiger partial charge is 0.212 e. The average Bonchev–Trinajstić information content (AvgIpc) is 3.15. The molecular formula is C42H28N4. The van der Waals surface area contributed by atoms with E-state index >= 15 is 0 Å². The summed E-state index contributed by atoms with van der Waals surface area (Å²) in [5, 5.41) is 14.9. The minimum absolute atomic E-state index is 0.0871. The molecule has 1 unspecified atom stereocenters. The molecule has 1 aliphatic carbocycles. The third kappa shape index (κ3) is 5.15. The molecule has 0 saturated heterocycles. The number of fused-ring (bicyclic) bond motifs is 3. The van der Waals surface area contributed by atoms with Gasteiger partial charge < -0.3 is 0 Å². The number of benzene rings is 6. The second-order valence-electron chi connectivity index (χ2n) is 11.5. The Morgan fingerprint density at radius 2 is 1.22 bits per heavy atom. The highest BCUT2D eigenvalue weighted by molar-refractivity contribution is 6.13. The molecule has 0 radical (unpaired) electrons. The third-order valence-corrected chi connectivity index (χ3v) is 8.59. The average molecular weight is 589 g/mol. The minimum Gasteiger partial charge on any atom is -0.212 e. The van der Waals surface area contributed by atoms with Crippen LogP contribution in [0.4, 0.5) is 0 Å². The molecule has 1 aliphatic rings. The van der Waals surface area contributed by atoms with Crippen molar-refractivity contribution in [2.45, 2.75) is 12.3 Å². The monoisotopic (exact) mass is 588 g/mol. The first kappa shape index (κ1) is 27.4. The zero-order valence-corrected chi connectivity index (χ0v) is 25.0. The molecule has 0 bridgehead atoms. The maximum absolute atomic E-state index is 10.1. The lowest BCUT2D eigenvalue weighted by Crippen LogP contribution is -2.07. The standard InChI is InChI=1S/C42H28N4/c43-27-28-22-34(25-35(23-28)39-26-32-16-7-8-19-36(32)37-20-9-10-21-38(37)39)31-17-11-18-33(24-31)42-45-40(29-12-3-1-4-13-29)44-41(46-42)30-14-5-2-6-15-30/h1-14,16-26,30H,15H2. The normalized spacial score (nSPS) is 14.0. The second-order valence-corrected chi connectivity index (χ2v) is 11.5. The molecule has 1 heterocycles. The van der Waals surface area contributed by atoms with Gasteiger partial charge in [0.1, 0.15) is 5.82 Å². The topological polar surface area (TPSA) is 62.5 Å². The van der Waals surface area contributed by atoms with Crippen LogP contribution >= 0.6 is 0 Å². The van der Waals surface area contributed by atoms with Crippen molar-refractivity contribution in [3.8, 4) is 51.1 Å². The van der Waals surface area contributed by atoms with Crippen LogP contribution in [0.2, 0.25) is 0 Å². The molecule has 216 valence electrons. The number of allylic oxidation sites excluding steroid dienone is 4. The SMILES string of the molecule is N#Cc1cc(-c2cccc(-c3nc(-c4ccccc4)nc(C4C=CC=CC4)n3)c2)cc(-c2cc3ccccc3c3ccccc23)c1. The van der Waals surface area contributed by atoms with Crippen molar-refractivity contribution in [3.05, 3.63) is 163 Å². The summed E-state index contributed by atoms with van der Waals surface area (Å²) in [6.07, 6.45) is 9.26. The zero-order chi connectivity index (χ0) is 30.9. The van der Waals surface area contributed by atoms with Gasteiger partial charge in [-0.3, -0.25) is 0 Å². The lowest BCUT2D eigenvalue weighted by molar-refractivity contribution is 0.764. The molecule has 0 aliphatic heterocycles. The van der Waals surface area contributed by atoms with Crippen molar-refractivity contribution in [1.29, 1.82) is 5.26 Å². The smallest absolute Gasteiger partial charge is 0.163 e. The molecule has 46 heavy (non-hydrogen) atoms. The van der Waals surface area contributed by atoms with Gasteiger partial charge >= 0.3 is 0 Å². The number of aromatic nitrogens is 3. The van der Waals surface area contributed by atoms with Crippen molar-refractivity contribution >= 4 is 21.5 Å². The number of hydrogen-bond donors (Lipinski definition) is 0. The number of nitriles is 1. The summed E-state index contributed by atoms with van der Waals surface area (Å²) >= 11 is 0. The van der Waals surface area contributed by atoms with Gasteiger partial charge in [0, 0.05) is 17.0 Å². The summed E-state index contributed by atoms with van der Waals surface area (Å²) in [5.74, 6) is 2.13. The minimum atomic E-state index is 0.0871. The van der Waals surface area contributed by atoms with Crippen molar-refractivity contribution in [3.63, 3.8) is 0 Å². The summed E-state index contributed by atoms with van der Waals surface area (Å²) in [6, 6.07) is 46.1. The van der Waals surface area contributed by atoms with E-state index < -0.39 is 0 Å². The van der Waals surface area contributed by atoms with Crippen LogP contribution in [0.1, 0.15) is 23.7 Å². The van der Waals surface area contributed by atoms with Gasteiger partial charge in [-0.2, -0.15) is 5.26 Å². The van der Waals surface area contributed by atoms with Gasteiger partial charge in [-0.1, -0.05) is 121 Å². The van der Waals surface area contributed by atoms with Crippen molar-refractivity contribution in [1.82, 2.24) is 15.0 Å². The predicted molar refractivity (Wildman–Crippen MR) is 187 cm³/mol. The van der Waals surface area contributed by atoms with Crippen molar-refractivity contribution < 1.29 is 0 Å². The first-order valence-electron chi connectivity index (χ1n) is 15.4. The highest BCUT2D eigenvalue weighted by atomic mass is 15.0. The van der Waals surface area contributed by atoms with E-state index in [1.807, 2.05) is 54.6 Å². The molecule has 1 atom stereocenters. The fraction of sp³-hybridized carbons (Fsp3) is 0.0476. The van der Waals surface area contributed by atoms with Crippen molar-refractivity contribution in [2.24, 2.45) is 0 Å². The van der Waals surface area contributed by atoms with Crippen molar-refractivity contribution in [2.75, 3.05) is 0 Å². The predicted octanol–water partition coefficient (Wildman–Crippen LogP) is 10.3. The van der Waals surface area contributed by atoms with E-state index in [0.717, 1.165) is 51.0 Å². The summed E-state index contributed by atoms with van der Waals surface area (Å²) in [6.45, 7) is 0. The Balaban J connectivity index is 1.26. The molecule has 1 aromatic heterocycles. The van der Waals surface area contributed by atoms with E-state index in [-0.39, 0.29) is 5.92 Å². The van der Waals surface area contributed by atoms with Gasteiger partial charge in [-0.15, -0.1) is 0 Å². The first-order valence-corrected chi connectivity index (χ1v) is 15.4. The Kier molecular flexibility index (Phi) is 6.98. The van der Waals surface area contributed by atoms with Crippen LogP contribution in [0.15, 0.2) is 152 Å². The van der Waals surface area contributed by atoms with Gasteiger partial charge in [-0.05, 0) is 80.6 Å². The Morgan fingerprint density at radius 3 is 2.02 bits per heavy atom. The number of hydrogen-bond acceptors (Lipinski definition) is 4. The van der Waals surface area contributed by atoms with Gasteiger partial charge in [0.15, 0.2) is 11.6 Å². The van der Waals surface area contributed by atoms with E-state index in [2.05, 4.69) is 103 Å². The van der Waals surface area contributed by atoms with Crippen LogP contribution in [-0.4, -0.2) is 15.0 Å². The van der Waals surface area contributed by atoms with Gasteiger partial charge in [0.25, 0.3) is 0 Å². The molecule has 6 aromatic carbocycles. The van der Waals surface area contributed by atoms with E-state index in [1.54, 1.807) is 0 Å². The Hall–Kier alpha value is -6.18. The van der Waals surface area contributed by atoms with E-state index in [9.17, 15) is 5.26 Å². The molecule has 4 heteroatoms. The lowest BCUT2D eigenvalue weighted by Gasteiger charge is -2.15. The fourth-order valence-electron chi connectivity index (χ4n) is 6.32. The molecule has 0 fully saturated rings. The van der Waals surface area contributed by atoms with E-state index in [1.165, 1.54) is 16.2 Å². The van der Waals surface area contributed by atoms with Crippen LogP contribution in [0.3, 0.4) is 0 Å². The first-order chi connectivity index (χ1) is 22.7. The third-order valence-electron chi connectivity index (χ3n) is 8.59. The molecule has 0 amide bonds. The van der Waals surface area contributed by atoms with Crippen LogP contribution in [-0.2, 0) is 0 Å². The molecular weight excluding hydrogens is 560 g/mol. The number of rotatable bonds is 5. The number of nitrogens with zero attached hydrogens (tertiary/aromatic N) is 4. The highest BCUT2D eigenvalue weighted by Gasteiger charge is 2.18. The molecule has 7 aromatic rings. The van der Waals surface area contributed by atoms with Crippen LogP contribution in [0, 0.1) is 11.3 Å². The quantitative estimate of drug-likeness (QED) is 0.188. The Labute approximate surface area is 267 Å². The van der Waals surface area contributed by atoms with Crippen LogP contribution in [0.5, 0.6) is 0 Å². The molecule has 4 nitrogen and oxygen atoms in total. The molecule has 0 N–H and O–H groups in total. The summed E-state index contributed by atoms with van der Waals surface area (Å²) < 4.78 is 0. The zero-order valence-electron chi connectivity index (χ0n) is 25.0. The Morgan fingerprint density at radius 1 is 0.543 bits per heavy atom. The lowest BCUT2D eigenvalue weighted by atomic mass is 9.90. The Bertz CT molecular complexity index is 2360. The van der Waals surface area contributed by atoms with Gasteiger partial charge in [-0.25, -0.2) is 15.0 Å². The maximum atomic E-state index is 10.1. The van der Waals surface area contributed by atoms with Crippen LogP contribution < -0.4 is 0 Å². The van der Waals surface area contributed by atoms with Gasteiger partial charge in [0.05, 0.1) is 11.6 Å². The molecule has 0 spiro atoms. The highest BCUT2D eigenvalue weighted by Crippen LogP contribution is 2.37. The second kappa shape index (κ2) is 11.7. The van der Waals surface area contributed by atoms with Crippen LogP contribution in [0.25, 0.3) is 66.6 Å².